The van der Waals surface area contributed by atoms with E-state index < -0.39 is 0 Å². The van der Waals surface area contributed by atoms with E-state index in [-0.39, 0.29) is 28.3 Å². The molecule has 12 heavy (non-hydrogen) atoms. The fourth-order valence-electron chi connectivity index (χ4n) is 0.593. The first-order valence-corrected chi connectivity index (χ1v) is 3.98. The van der Waals surface area contributed by atoms with Gasteiger partial charge in [-0.1, -0.05) is 13.3 Å². The molecule has 0 aliphatic rings. The molecule has 0 bridgehead atoms. The summed E-state index contributed by atoms with van der Waals surface area (Å²) in [5.74, 6) is -0.246. The molecule has 4 heteroatoms. The molecule has 0 heterocycles. The van der Waals surface area contributed by atoms with Crippen LogP contribution in [0.1, 0.15) is 26.7 Å². The molecule has 0 rings (SSSR count). The van der Waals surface area contributed by atoms with E-state index in [0.29, 0.717) is 13.2 Å². The van der Waals surface area contributed by atoms with E-state index in [2.05, 4.69) is 11.7 Å². The number of carbonyl (C=O) groups excluding carboxylic acids is 1. The van der Waals surface area contributed by atoms with Crippen LogP contribution in [0.5, 0.6) is 0 Å². The fraction of sp³-hybridized carbons (Fsp3) is 0.875. The van der Waals surface area contributed by atoms with Gasteiger partial charge in [-0.15, -0.1) is 0 Å². The molecule has 77 valence electrons. The molecule has 0 saturated heterocycles. The summed E-state index contributed by atoms with van der Waals surface area (Å²) in [6, 6.07) is 0. The van der Waals surface area contributed by atoms with E-state index in [1.54, 1.807) is 0 Å². The Hall–Kier alpha value is 0.170. The van der Waals surface area contributed by atoms with Crippen molar-refractivity contribution >= 4 is 5.97 Å². The Morgan fingerprint density at radius 3 is 2.42 bits per heavy atom. The molecule has 0 atom stereocenters. The van der Waals surface area contributed by atoms with Gasteiger partial charge in [-0.25, -0.2) is 0 Å². The standard InChI is InChI=1S/C8H16O3.Ag/c1-3-4-5-10-6-7-11-8(2)9;/h3-7H2,1-2H3;. The number of hydrogen-bond acceptors (Lipinski definition) is 3. The van der Waals surface area contributed by atoms with Gasteiger partial charge in [0.2, 0.25) is 0 Å². The molecule has 0 fully saturated rings. The van der Waals surface area contributed by atoms with Crippen LogP contribution >= 0.6 is 0 Å². The Bertz CT molecular complexity index is 106. The molecule has 0 spiro atoms. The van der Waals surface area contributed by atoms with Crippen molar-refractivity contribution in [3.05, 3.63) is 0 Å². The summed E-state index contributed by atoms with van der Waals surface area (Å²) in [4.78, 5) is 10.3. The smallest absolute Gasteiger partial charge is 0.302 e. The Morgan fingerprint density at radius 2 is 1.92 bits per heavy atom. The van der Waals surface area contributed by atoms with Crippen molar-refractivity contribution in [2.45, 2.75) is 26.7 Å². The minimum atomic E-state index is -0.246. The molecule has 1 radical (unpaired) electrons. The van der Waals surface area contributed by atoms with Gasteiger partial charge in [-0.2, -0.15) is 0 Å². The molecule has 0 aromatic carbocycles. The van der Waals surface area contributed by atoms with Crippen LogP contribution in [-0.4, -0.2) is 25.8 Å². The maximum atomic E-state index is 10.3. The van der Waals surface area contributed by atoms with Crippen molar-refractivity contribution in [3.8, 4) is 0 Å². The molecule has 0 amide bonds. The van der Waals surface area contributed by atoms with Crippen molar-refractivity contribution in [1.29, 1.82) is 0 Å². The van der Waals surface area contributed by atoms with Gasteiger partial charge in [0.05, 0.1) is 6.61 Å². The third-order valence-corrected chi connectivity index (χ3v) is 1.18. The first-order chi connectivity index (χ1) is 5.27. The second kappa shape index (κ2) is 11.2. The van der Waals surface area contributed by atoms with E-state index in [9.17, 15) is 4.79 Å². The summed E-state index contributed by atoms with van der Waals surface area (Å²) in [6.45, 7) is 5.15. The summed E-state index contributed by atoms with van der Waals surface area (Å²) in [6.07, 6.45) is 2.20. The summed E-state index contributed by atoms with van der Waals surface area (Å²) >= 11 is 0. The van der Waals surface area contributed by atoms with Crippen LogP contribution < -0.4 is 0 Å². The van der Waals surface area contributed by atoms with Crippen LogP contribution in [0.15, 0.2) is 0 Å². The Labute approximate surface area is 89.3 Å². The van der Waals surface area contributed by atoms with E-state index in [1.165, 1.54) is 6.92 Å². The largest absolute Gasteiger partial charge is 0.463 e. The molecule has 0 aliphatic carbocycles. The van der Waals surface area contributed by atoms with E-state index >= 15 is 0 Å². The van der Waals surface area contributed by atoms with Gasteiger partial charge in [0.15, 0.2) is 0 Å². The van der Waals surface area contributed by atoms with Gasteiger partial charge in [0.25, 0.3) is 0 Å². The van der Waals surface area contributed by atoms with Gasteiger partial charge in [-0.3, -0.25) is 4.79 Å². The Morgan fingerprint density at radius 1 is 1.25 bits per heavy atom. The van der Waals surface area contributed by atoms with Gasteiger partial charge >= 0.3 is 5.97 Å². The zero-order valence-corrected chi connectivity index (χ0v) is 9.04. The molecule has 0 saturated carbocycles. The first-order valence-electron chi connectivity index (χ1n) is 3.98. The van der Waals surface area contributed by atoms with Crippen molar-refractivity contribution in [2.75, 3.05) is 19.8 Å². The predicted molar refractivity (Wildman–Crippen MR) is 42.4 cm³/mol. The SMILES string of the molecule is CCCCOCCOC(C)=O.[Ag]. The number of hydrogen-bond donors (Lipinski definition) is 0. The summed E-state index contributed by atoms with van der Waals surface area (Å²) < 4.78 is 9.81. The Kier molecular flexibility index (Phi) is 13.7. The van der Waals surface area contributed by atoms with E-state index in [1.807, 2.05) is 0 Å². The molecule has 0 unspecified atom stereocenters. The van der Waals surface area contributed by atoms with Gasteiger partial charge in [0.1, 0.15) is 6.61 Å². The average Bonchev–Trinajstić information content (AvgIpc) is 1.96. The number of rotatable bonds is 6. The minimum absolute atomic E-state index is 0. The maximum absolute atomic E-state index is 10.3. The second-order valence-electron chi connectivity index (χ2n) is 2.31. The molecular weight excluding hydrogens is 252 g/mol. The molecule has 0 aliphatic heterocycles. The number of esters is 1. The number of carbonyl (C=O) groups is 1. The molecular formula is C8H16AgO3. The first kappa shape index (κ1) is 14.7. The van der Waals surface area contributed by atoms with Gasteiger partial charge < -0.3 is 9.47 Å². The van der Waals surface area contributed by atoms with Gasteiger partial charge in [0, 0.05) is 35.9 Å². The third-order valence-electron chi connectivity index (χ3n) is 1.18. The average molecular weight is 268 g/mol. The van der Waals surface area contributed by atoms with E-state index in [4.69, 9.17) is 4.74 Å². The quantitative estimate of drug-likeness (QED) is 0.414. The van der Waals surface area contributed by atoms with Crippen LogP contribution in [0.4, 0.5) is 0 Å². The summed E-state index contributed by atoms with van der Waals surface area (Å²) in [5, 5.41) is 0. The molecule has 0 aromatic rings. The van der Waals surface area contributed by atoms with E-state index in [0.717, 1.165) is 19.4 Å². The summed E-state index contributed by atoms with van der Waals surface area (Å²) in [5.41, 5.74) is 0. The van der Waals surface area contributed by atoms with Crippen LogP contribution in [0, 0.1) is 0 Å². The van der Waals surface area contributed by atoms with Crippen molar-refractivity contribution in [2.24, 2.45) is 0 Å². The summed E-state index contributed by atoms with van der Waals surface area (Å²) in [7, 11) is 0. The molecule has 0 aromatic heterocycles. The normalized spacial score (nSPS) is 8.83. The number of unbranched alkanes of at least 4 members (excludes halogenated alkanes) is 1. The monoisotopic (exact) mass is 267 g/mol. The maximum Gasteiger partial charge on any atom is 0.302 e. The van der Waals surface area contributed by atoms with Crippen LogP contribution in [0.2, 0.25) is 0 Å². The van der Waals surface area contributed by atoms with Crippen molar-refractivity contribution in [1.82, 2.24) is 0 Å². The fourth-order valence-corrected chi connectivity index (χ4v) is 0.593. The van der Waals surface area contributed by atoms with Crippen molar-refractivity contribution < 1.29 is 36.6 Å². The zero-order chi connectivity index (χ0) is 8.53. The van der Waals surface area contributed by atoms with Crippen LogP contribution in [-0.2, 0) is 36.6 Å². The van der Waals surface area contributed by atoms with Crippen molar-refractivity contribution in [3.63, 3.8) is 0 Å². The minimum Gasteiger partial charge on any atom is -0.463 e. The van der Waals surface area contributed by atoms with Crippen LogP contribution in [0.25, 0.3) is 0 Å². The number of ether oxygens (including phenoxy) is 2. The zero-order valence-electron chi connectivity index (χ0n) is 7.56. The molecule has 0 N–H and O–H groups in total. The Balaban J connectivity index is 0. The predicted octanol–water partition coefficient (Wildman–Crippen LogP) is 1.36. The third kappa shape index (κ3) is 12.8. The van der Waals surface area contributed by atoms with Crippen LogP contribution in [0.3, 0.4) is 0 Å². The molecule has 3 nitrogen and oxygen atoms in total. The van der Waals surface area contributed by atoms with Gasteiger partial charge in [-0.05, 0) is 6.42 Å². The topological polar surface area (TPSA) is 35.5 Å². The second-order valence-corrected chi connectivity index (χ2v) is 2.31.